The second kappa shape index (κ2) is 15.3. The minimum atomic E-state index is -0.513. The third-order valence-electron chi connectivity index (χ3n) is 16.3. The lowest BCUT2D eigenvalue weighted by molar-refractivity contribution is 0.660. The second-order valence-electron chi connectivity index (χ2n) is 20.3. The van der Waals surface area contributed by atoms with Crippen LogP contribution in [0.25, 0.3) is 88.7 Å². The van der Waals surface area contributed by atoms with E-state index in [4.69, 9.17) is 4.42 Å². The maximum atomic E-state index is 7.59. The van der Waals surface area contributed by atoms with Gasteiger partial charge in [-0.1, -0.05) is 220 Å². The molecule has 15 rings (SSSR count). The fourth-order valence-corrected chi connectivity index (χ4v) is 13.1. The van der Waals surface area contributed by atoms with Gasteiger partial charge in [-0.05, 0) is 131 Å². The molecule has 72 heavy (non-hydrogen) atoms. The summed E-state index contributed by atoms with van der Waals surface area (Å²) < 4.78 is 7.59. The lowest BCUT2D eigenvalue weighted by Gasteiger charge is -2.32. The Balaban J connectivity index is 1.08. The zero-order chi connectivity index (χ0) is 47.7. The van der Waals surface area contributed by atoms with E-state index in [1.807, 2.05) is 0 Å². The molecule has 0 saturated carbocycles. The highest BCUT2D eigenvalue weighted by Gasteiger charge is 2.52. The number of anilines is 3. The molecule has 0 amide bonds. The van der Waals surface area contributed by atoms with Crippen molar-refractivity contribution in [1.29, 1.82) is 0 Å². The zero-order valence-electron chi connectivity index (χ0n) is 40.0. The highest BCUT2D eigenvalue weighted by Crippen LogP contribution is 2.65. The van der Waals surface area contributed by atoms with Gasteiger partial charge >= 0.3 is 0 Å². The molecule has 338 valence electrons. The molecular weight excluding hydrogens is 871 g/mol. The lowest BCUT2D eigenvalue weighted by atomic mass is 9.70. The minimum absolute atomic E-state index is 0.223. The third-order valence-corrected chi connectivity index (χ3v) is 16.3. The number of hydrogen-bond donors (Lipinski definition) is 0. The van der Waals surface area contributed by atoms with Gasteiger partial charge in [0, 0.05) is 33.0 Å². The highest BCUT2D eigenvalue weighted by atomic mass is 16.3. The van der Waals surface area contributed by atoms with E-state index in [1.54, 1.807) is 0 Å². The number of rotatable bonds is 6. The van der Waals surface area contributed by atoms with Crippen LogP contribution in [-0.2, 0) is 10.8 Å². The Morgan fingerprint density at radius 3 is 1.40 bits per heavy atom. The van der Waals surface area contributed by atoms with Gasteiger partial charge < -0.3 is 9.32 Å². The molecule has 0 radical (unpaired) electrons. The van der Waals surface area contributed by atoms with Gasteiger partial charge in [-0.3, -0.25) is 0 Å². The average molecular weight is 918 g/mol. The molecule has 3 aliphatic carbocycles. The molecule has 1 heterocycles. The van der Waals surface area contributed by atoms with Crippen LogP contribution in [0.3, 0.4) is 0 Å². The van der Waals surface area contributed by atoms with Crippen LogP contribution in [0.4, 0.5) is 17.1 Å². The summed E-state index contributed by atoms with van der Waals surface area (Å²) in [5.41, 5.74) is 26.5. The molecular formula is C70H47NO. The molecule has 12 aromatic rings. The van der Waals surface area contributed by atoms with Crippen molar-refractivity contribution in [3.05, 3.63) is 282 Å². The standard InChI is InChI=1S/C70H47NO/c1-69(2)58-31-16-12-27-50(58)53-38-37-49(43-63(53)69)71(64-36-20-35-62-66(64)54-30-15-19-34-61(54)70(62)59-32-17-13-28-51(59)52-29-14-18-33-60(52)70)65-42-48(45-23-8-4-9-24-45)41-57-56-40-47(44-21-6-3-7-22-44)39-55(67(56)72-68(57)65)46-25-10-5-11-26-46/h3-43H,1-2H3. The normalized spacial score (nSPS) is 13.9. The van der Waals surface area contributed by atoms with Crippen molar-refractivity contribution >= 4 is 39.0 Å². The summed E-state index contributed by atoms with van der Waals surface area (Å²) in [6.07, 6.45) is 0. The van der Waals surface area contributed by atoms with E-state index in [9.17, 15) is 0 Å². The van der Waals surface area contributed by atoms with Gasteiger partial charge in [0.15, 0.2) is 5.58 Å². The summed E-state index contributed by atoms with van der Waals surface area (Å²) in [6, 6.07) is 92.2. The monoisotopic (exact) mass is 917 g/mol. The Morgan fingerprint density at radius 1 is 0.306 bits per heavy atom. The lowest BCUT2D eigenvalue weighted by Crippen LogP contribution is -2.26. The topological polar surface area (TPSA) is 16.4 Å². The van der Waals surface area contributed by atoms with Crippen molar-refractivity contribution < 1.29 is 4.42 Å². The molecule has 0 atom stereocenters. The number of hydrogen-bond acceptors (Lipinski definition) is 2. The quantitative estimate of drug-likeness (QED) is 0.165. The number of furan rings is 1. The van der Waals surface area contributed by atoms with E-state index in [0.29, 0.717) is 0 Å². The van der Waals surface area contributed by atoms with Gasteiger partial charge in [0.1, 0.15) is 5.58 Å². The van der Waals surface area contributed by atoms with Crippen molar-refractivity contribution in [3.63, 3.8) is 0 Å². The average Bonchev–Trinajstić information content (AvgIpc) is 4.14. The summed E-state index contributed by atoms with van der Waals surface area (Å²) in [5, 5.41) is 2.15. The van der Waals surface area contributed by atoms with E-state index >= 15 is 0 Å². The van der Waals surface area contributed by atoms with Gasteiger partial charge in [0.2, 0.25) is 0 Å². The summed E-state index contributed by atoms with van der Waals surface area (Å²) in [6.45, 7) is 4.76. The summed E-state index contributed by atoms with van der Waals surface area (Å²) in [4.78, 5) is 2.54. The predicted octanol–water partition coefficient (Wildman–Crippen LogP) is 18.7. The molecule has 1 spiro atoms. The van der Waals surface area contributed by atoms with Crippen LogP contribution in [0.1, 0.15) is 47.2 Å². The Kier molecular flexibility index (Phi) is 8.66. The molecule has 11 aromatic carbocycles. The number of fused-ring (bicyclic) bond motifs is 16. The largest absolute Gasteiger partial charge is 0.453 e. The van der Waals surface area contributed by atoms with Crippen molar-refractivity contribution in [2.45, 2.75) is 24.7 Å². The van der Waals surface area contributed by atoms with E-state index in [0.717, 1.165) is 72.4 Å². The molecule has 1 aromatic heterocycles. The van der Waals surface area contributed by atoms with Crippen LogP contribution in [0.15, 0.2) is 253 Å². The van der Waals surface area contributed by atoms with E-state index in [1.165, 1.54) is 66.8 Å². The van der Waals surface area contributed by atoms with Gasteiger partial charge in [-0.25, -0.2) is 0 Å². The predicted molar refractivity (Wildman–Crippen MR) is 299 cm³/mol. The molecule has 3 aliphatic rings. The molecule has 2 nitrogen and oxygen atoms in total. The Bertz CT molecular complexity index is 4130. The molecule has 0 fully saturated rings. The SMILES string of the molecule is CC1(C)c2ccccc2-c2ccc(N(c3cccc4c3-c3ccccc3C43c4ccccc4-c4ccccc43)c3cc(-c4ccccc4)cc4c3oc3c(-c5ccccc5)cc(-c5ccccc5)cc34)cc21. The van der Waals surface area contributed by atoms with Crippen LogP contribution in [0, 0.1) is 0 Å². The van der Waals surface area contributed by atoms with Crippen LogP contribution in [-0.4, -0.2) is 0 Å². The molecule has 0 aliphatic heterocycles. The zero-order valence-corrected chi connectivity index (χ0v) is 40.0. The molecule has 0 N–H and O–H groups in total. The molecule has 0 unspecified atom stereocenters. The maximum Gasteiger partial charge on any atom is 0.159 e. The molecule has 0 bridgehead atoms. The Hall–Kier alpha value is -8.98. The van der Waals surface area contributed by atoms with Gasteiger partial charge in [-0.15, -0.1) is 0 Å². The van der Waals surface area contributed by atoms with Crippen molar-refractivity contribution in [2.75, 3.05) is 4.90 Å². The first-order chi connectivity index (χ1) is 35.5. The van der Waals surface area contributed by atoms with E-state index in [2.05, 4.69) is 267 Å². The van der Waals surface area contributed by atoms with E-state index < -0.39 is 5.41 Å². The Morgan fingerprint density at radius 2 is 0.778 bits per heavy atom. The van der Waals surface area contributed by atoms with Crippen molar-refractivity contribution in [1.82, 2.24) is 0 Å². The molecule has 0 saturated heterocycles. The summed E-state index contributed by atoms with van der Waals surface area (Å²) >= 11 is 0. The smallest absolute Gasteiger partial charge is 0.159 e. The van der Waals surface area contributed by atoms with Crippen LogP contribution >= 0.6 is 0 Å². The summed E-state index contributed by atoms with van der Waals surface area (Å²) in [7, 11) is 0. The third kappa shape index (κ3) is 5.61. The number of nitrogens with zero attached hydrogens (tertiary/aromatic N) is 1. The highest BCUT2D eigenvalue weighted by molar-refractivity contribution is 6.17. The van der Waals surface area contributed by atoms with Crippen LogP contribution < -0.4 is 4.90 Å². The first-order valence-electron chi connectivity index (χ1n) is 25.2. The minimum Gasteiger partial charge on any atom is -0.453 e. The van der Waals surface area contributed by atoms with E-state index in [-0.39, 0.29) is 5.41 Å². The number of benzene rings is 11. The fourth-order valence-electron chi connectivity index (χ4n) is 13.1. The fraction of sp³-hybridized carbons (Fsp3) is 0.0571. The molecule has 2 heteroatoms. The first-order valence-corrected chi connectivity index (χ1v) is 25.2. The van der Waals surface area contributed by atoms with Gasteiger partial charge in [0.25, 0.3) is 0 Å². The van der Waals surface area contributed by atoms with Crippen LogP contribution in [0.2, 0.25) is 0 Å². The second-order valence-corrected chi connectivity index (χ2v) is 20.3. The van der Waals surface area contributed by atoms with Crippen LogP contribution in [0.5, 0.6) is 0 Å². The van der Waals surface area contributed by atoms with Crippen molar-refractivity contribution in [3.8, 4) is 66.8 Å². The Labute approximate surface area is 419 Å². The summed E-state index contributed by atoms with van der Waals surface area (Å²) in [5.74, 6) is 0. The van der Waals surface area contributed by atoms with Gasteiger partial charge in [0.05, 0.1) is 16.8 Å². The maximum absolute atomic E-state index is 7.59. The van der Waals surface area contributed by atoms with Gasteiger partial charge in [-0.2, -0.15) is 0 Å². The first kappa shape index (κ1) is 40.9. The van der Waals surface area contributed by atoms with Crippen molar-refractivity contribution in [2.24, 2.45) is 0 Å².